The summed E-state index contributed by atoms with van der Waals surface area (Å²) in [5.74, 6) is -0.736. The summed E-state index contributed by atoms with van der Waals surface area (Å²) in [5.41, 5.74) is 3.60. The Bertz CT molecular complexity index is 1240. The Morgan fingerprint density at radius 2 is 1.44 bits per heavy atom. The van der Waals surface area contributed by atoms with Crippen LogP contribution in [0.1, 0.15) is 35.7 Å². The van der Waals surface area contributed by atoms with Crippen molar-refractivity contribution in [2.75, 3.05) is 13.1 Å². The topological polar surface area (TPSA) is 80.8 Å². The summed E-state index contributed by atoms with van der Waals surface area (Å²) in [6, 6.07) is 23.9. The number of piperidine rings is 1. The molecule has 0 amide bonds. The van der Waals surface area contributed by atoms with Gasteiger partial charge in [-0.15, -0.1) is 0 Å². The van der Waals surface area contributed by atoms with E-state index in [0.717, 1.165) is 16.7 Å². The van der Waals surface area contributed by atoms with Crippen LogP contribution in [0.3, 0.4) is 0 Å². The van der Waals surface area contributed by atoms with E-state index in [1.165, 1.54) is 35.5 Å². The zero-order valence-corrected chi connectivity index (χ0v) is 19.8. The minimum absolute atomic E-state index is 0.115. The van der Waals surface area contributed by atoms with Crippen LogP contribution in [0.15, 0.2) is 83.8 Å². The molecule has 0 aliphatic carbocycles. The highest BCUT2D eigenvalue weighted by molar-refractivity contribution is 7.89. The molecule has 0 saturated carbocycles. The fraction of sp³-hybridized carbons (Fsp3) is 0.259. The highest BCUT2D eigenvalue weighted by Crippen LogP contribution is 2.26. The number of hydrogen-bond donors (Lipinski definition) is 0. The summed E-state index contributed by atoms with van der Waals surface area (Å²) in [5, 5.41) is 0. The van der Waals surface area contributed by atoms with Crippen LogP contribution in [0.4, 0.5) is 0 Å². The Balaban J connectivity index is 1.29. The Labute approximate surface area is 200 Å². The quantitative estimate of drug-likeness (QED) is 0.364. The van der Waals surface area contributed by atoms with Gasteiger partial charge in [0.25, 0.3) is 0 Å². The first-order valence-corrected chi connectivity index (χ1v) is 12.7. The number of benzene rings is 3. The van der Waals surface area contributed by atoms with E-state index in [4.69, 9.17) is 4.74 Å². The fourth-order valence-corrected chi connectivity index (χ4v) is 5.51. The monoisotopic (exact) mass is 477 g/mol. The summed E-state index contributed by atoms with van der Waals surface area (Å²) >= 11 is 0. The number of hydrogen-bond acceptors (Lipinski definition) is 5. The average molecular weight is 478 g/mol. The molecule has 0 aromatic heterocycles. The Morgan fingerprint density at radius 1 is 0.853 bits per heavy atom. The van der Waals surface area contributed by atoms with Gasteiger partial charge in [0, 0.05) is 18.7 Å². The summed E-state index contributed by atoms with van der Waals surface area (Å²) in [7, 11) is -3.67. The van der Waals surface area contributed by atoms with Crippen LogP contribution in [-0.4, -0.2) is 37.6 Å². The molecular formula is C27H27NO5S. The zero-order chi connectivity index (χ0) is 24.1. The van der Waals surface area contributed by atoms with E-state index in [1.807, 2.05) is 54.6 Å². The van der Waals surface area contributed by atoms with E-state index in [2.05, 4.69) is 0 Å². The van der Waals surface area contributed by atoms with Gasteiger partial charge in [0.05, 0.1) is 10.8 Å². The van der Waals surface area contributed by atoms with Crippen LogP contribution in [0.2, 0.25) is 0 Å². The van der Waals surface area contributed by atoms with Gasteiger partial charge in [0.1, 0.15) is 6.61 Å². The summed E-state index contributed by atoms with van der Waals surface area (Å²) in [4.78, 5) is 24.1. The van der Waals surface area contributed by atoms with Gasteiger partial charge >= 0.3 is 5.97 Å². The number of nitrogens with zero attached hydrogens (tertiary/aromatic N) is 1. The molecule has 1 heterocycles. The zero-order valence-electron chi connectivity index (χ0n) is 19.0. The van der Waals surface area contributed by atoms with Crippen molar-refractivity contribution in [3.8, 4) is 11.1 Å². The maximum Gasteiger partial charge on any atom is 0.309 e. The molecule has 1 fully saturated rings. The number of carbonyl (C=O) groups is 2. The normalized spacial score (nSPS) is 15.1. The van der Waals surface area contributed by atoms with Crippen LogP contribution in [-0.2, 0) is 26.2 Å². The predicted molar refractivity (Wildman–Crippen MR) is 130 cm³/mol. The van der Waals surface area contributed by atoms with Crippen LogP contribution < -0.4 is 0 Å². The molecule has 0 unspecified atom stereocenters. The van der Waals surface area contributed by atoms with Crippen molar-refractivity contribution in [3.05, 3.63) is 90.0 Å². The highest BCUT2D eigenvalue weighted by atomic mass is 32.2. The minimum atomic E-state index is -3.67. The second kappa shape index (κ2) is 10.3. The molecule has 34 heavy (non-hydrogen) atoms. The smallest absolute Gasteiger partial charge is 0.309 e. The van der Waals surface area contributed by atoms with E-state index >= 15 is 0 Å². The van der Waals surface area contributed by atoms with Crippen molar-refractivity contribution in [1.82, 2.24) is 4.31 Å². The molecule has 6 nitrogen and oxygen atoms in total. The Kier molecular flexibility index (Phi) is 7.24. The third-order valence-corrected chi connectivity index (χ3v) is 8.04. The van der Waals surface area contributed by atoms with Crippen molar-refractivity contribution in [2.24, 2.45) is 5.92 Å². The van der Waals surface area contributed by atoms with Crippen LogP contribution in [0.5, 0.6) is 0 Å². The molecule has 4 rings (SSSR count). The van der Waals surface area contributed by atoms with Crippen molar-refractivity contribution >= 4 is 21.8 Å². The number of sulfonamides is 1. The molecular weight excluding hydrogens is 450 g/mol. The van der Waals surface area contributed by atoms with Gasteiger partial charge in [-0.3, -0.25) is 9.59 Å². The first kappa shape index (κ1) is 23.9. The maximum absolute atomic E-state index is 12.9. The standard InChI is InChI=1S/C27H27NO5S/c1-20(29)22-11-13-26(14-12-22)34(31,32)28-17-15-25(16-18-28)27(30)33-19-21-7-9-24(10-8-21)23-5-3-2-4-6-23/h2-14,25H,15-19H2,1H3. The number of carbonyl (C=O) groups excluding carboxylic acids is 2. The summed E-state index contributed by atoms with van der Waals surface area (Å²) < 4.78 is 32.7. The van der Waals surface area contributed by atoms with Crippen LogP contribution in [0.25, 0.3) is 11.1 Å². The van der Waals surface area contributed by atoms with Gasteiger partial charge in [-0.2, -0.15) is 4.31 Å². The van der Waals surface area contributed by atoms with E-state index < -0.39 is 10.0 Å². The third kappa shape index (κ3) is 5.43. The van der Waals surface area contributed by atoms with Crippen molar-refractivity contribution in [1.29, 1.82) is 0 Å². The average Bonchev–Trinajstić information content (AvgIpc) is 2.88. The first-order chi connectivity index (χ1) is 16.3. The van der Waals surface area contributed by atoms with Crippen molar-refractivity contribution < 1.29 is 22.7 Å². The minimum Gasteiger partial charge on any atom is -0.461 e. The molecule has 3 aromatic rings. The molecule has 0 N–H and O–H groups in total. The highest BCUT2D eigenvalue weighted by Gasteiger charge is 2.32. The largest absolute Gasteiger partial charge is 0.461 e. The molecule has 0 spiro atoms. The molecule has 0 atom stereocenters. The van der Waals surface area contributed by atoms with Gasteiger partial charge in [0.15, 0.2) is 5.78 Å². The maximum atomic E-state index is 12.9. The second-order valence-electron chi connectivity index (χ2n) is 8.43. The number of ketones is 1. The van der Waals surface area contributed by atoms with E-state index in [0.29, 0.717) is 18.4 Å². The fourth-order valence-electron chi connectivity index (χ4n) is 4.04. The lowest BCUT2D eigenvalue weighted by molar-refractivity contribution is -0.151. The SMILES string of the molecule is CC(=O)c1ccc(S(=O)(=O)N2CCC(C(=O)OCc3ccc(-c4ccccc4)cc3)CC2)cc1. The second-order valence-corrected chi connectivity index (χ2v) is 10.4. The van der Waals surface area contributed by atoms with Gasteiger partial charge in [-0.05, 0) is 48.6 Å². The van der Waals surface area contributed by atoms with E-state index in [9.17, 15) is 18.0 Å². The molecule has 3 aromatic carbocycles. The Morgan fingerprint density at radius 3 is 2.03 bits per heavy atom. The van der Waals surface area contributed by atoms with Gasteiger partial charge in [0.2, 0.25) is 10.0 Å². The van der Waals surface area contributed by atoms with Crippen molar-refractivity contribution in [3.63, 3.8) is 0 Å². The molecule has 0 radical (unpaired) electrons. The molecule has 7 heteroatoms. The lowest BCUT2D eigenvalue weighted by Gasteiger charge is -2.30. The molecule has 1 saturated heterocycles. The lowest BCUT2D eigenvalue weighted by atomic mass is 9.98. The summed E-state index contributed by atoms with van der Waals surface area (Å²) in [6.45, 7) is 2.13. The third-order valence-electron chi connectivity index (χ3n) is 6.13. The predicted octanol–water partition coefficient (Wildman–Crippen LogP) is 4.70. The molecule has 176 valence electrons. The van der Waals surface area contributed by atoms with Crippen LogP contribution in [0, 0.1) is 5.92 Å². The van der Waals surface area contributed by atoms with Crippen molar-refractivity contribution in [2.45, 2.75) is 31.3 Å². The van der Waals surface area contributed by atoms with Gasteiger partial charge < -0.3 is 4.74 Å². The van der Waals surface area contributed by atoms with Gasteiger partial charge in [-0.25, -0.2) is 8.42 Å². The lowest BCUT2D eigenvalue weighted by Crippen LogP contribution is -2.40. The van der Waals surface area contributed by atoms with Crippen LogP contribution >= 0.6 is 0 Å². The number of rotatable bonds is 7. The van der Waals surface area contributed by atoms with E-state index in [1.54, 1.807) is 0 Å². The molecule has 1 aliphatic rings. The molecule has 0 bridgehead atoms. The van der Waals surface area contributed by atoms with E-state index in [-0.39, 0.29) is 42.3 Å². The molecule has 1 aliphatic heterocycles. The first-order valence-electron chi connectivity index (χ1n) is 11.3. The number of esters is 1. The van der Waals surface area contributed by atoms with Gasteiger partial charge in [-0.1, -0.05) is 66.7 Å². The Hall–Kier alpha value is -3.29. The summed E-state index contributed by atoms with van der Waals surface area (Å²) in [6.07, 6.45) is 0.826. The number of Topliss-reactive ketones (excluding diaryl/α,β-unsaturated/α-hetero) is 1. The number of ether oxygens (including phenoxy) is 1.